The minimum Gasteiger partial charge on any atom is -0.493 e. The number of likely N-dealkylation sites (tertiary alicyclic amines) is 2. The van der Waals surface area contributed by atoms with Crippen LogP contribution in [0.4, 0.5) is 0 Å². The molecule has 0 aliphatic carbocycles. The lowest BCUT2D eigenvalue weighted by atomic mass is 9.94. The van der Waals surface area contributed by atoms with E-state index in [0.717, 1.165) is 50.4 Å². The summed E-state index contributed by atoms with van der Waals surface area (Å²) in [5.74, 6) is 1.72. The number of hydrogen-bond donors (Lipinski definition) is 0. The van der Waals surface area contributed by atoms with Gasteiger partial charge in [-0.3, -0.25) is 14.7 Å². The van der Waals surface area contributed by atoms with Crippen molar-refractivity contribution in [3.63, 3.8) is 0 Å². The fourth-order valence-corrected chi connectivity index (χ4v) is 4.60. The summed E-state index contributed by atoms with van der Waals surface area (Å²) in [6.45, 7) is 6.85. The number of benzene rings is 1. The van der Waals surface area contributed by atoms with Gasteiger partial charge in [-0.25, -0.2) is 0 Å². The van der Waals surface area contributed by atoms with Crippen molar-refractivity contribution in [2.45, 2.75) is 38.6 Å². The van der Waals surface area contributed by atoms with Crippen LogP contribution in [-0.4, -0.2) is 59.5 Å². The molecular weight excluding hydrogens is 362 g/mol. The highest BCUT2D eigenvalue weighted by atomic mass is 16.5. The van der Waals surface area contributed by atoms with E-state index in [0.29, 0.717) is 12.0 Å². The normalized spacial score (nSPS) is 21.1. The van der Waals surface area contributed by atoms with Crippen LogP contribution >= 0.6 is 0 Å². The van der Waals surface area contributed by atoms with Crippen LogP contribution in [0.5, 0.6) is 5.75 Å². The first-order chi connectivity index (χ1) is 14.2. The van der Waals surface area contributed by atoms with Gasteiger partial charge in [0.2, 0.25) is 0 Å². The Balaban J connectivity index is 1.26. The molecule has 0 radical (unpaired) electrons. The Labute approximate surface area is 173 Å². The van der Waals surface area contributed by atoms with Gasteiger partial charge in [0.15, 0.2) is 0 Å². The zero-order valence-corrected chi connectivity index (χ0v) is 17.3. The first kappa shape index (κ1) is 19.9. The molecule has 2 aliphatic rings. The highest BCUT2D eigenvalue weighted by molar-refractivity contribution is 5.94. The van der Waals surface area contributed by atoms with Gasteiger partial charge >= 0.3 is 0 Å². The van der Waals surface area contributed by atoms with Crippen molar-refractivity contribution in [2.24, 2.45) is 5.92 Å². The molecule has 5 heteroatoms. The fraction of sp³-hybridized carbons (Fsp3) is 0.500. The second kappa shape index (κ2) is 9.40. The topological polar surface area (TPSA) is 45.7 Å². The minimum atomic E-state index is 0.133. The van der Waals surface area contributed by atoms with Crippen molar-refractivity contribution in [1.29, 1.82) is 0 Å². The monoisotopic (exact) mass is 393 g/mol. The van der Waals surface area contributed by atoms with Gasteiger partial charge in [-0.1, -0.05) is 18.2 Å². The van der Waals surface area contributed by atoms with Crippen LogP contribution in [0.15, 0.2) is 48.8 Å². The Morgan fingerprint density at radius 2 is 1.83 bits per heavy atom. The number of aromatic nitrogens is 1. The molecule has 4 rings (SSSR count). The zero-order chi connectivity index (χ0) is 20.1. The number of hydrogen-bond acceptors (Lipinski definition) is 4. The number of ether oxygens (including phenoxy) is 1. The standard InChI is InChI=1S/C24H31N3O2/c1-19-5-2-3-7-23(19)29-18-20-6-4-14-27(17-20)22-10-15-26(16-11-22)24(28)21-8-12-25-13-9-21/h2-3,5,7-9,12-13,20,22H,4,6,10-11,14-18H2,1H3. The van der Waals surface area contributed by atoms with Crippen LogP contribution in [0.2, 0.25) is 0 Å². The van der Waals surface area contributed by atoms with Crippen molar-refractivity contribution in [2.75, 3.05) is 32.8 Å². The van der Waals surface area contributed by atoms with E-state index in [1.165, 1.54) is 24.9 Å². The Morgan fingerprint density at radius 3 is 2.59 bits per heavy atom. The third kappa shape index (κ3) is 4.96. The minimum absolute atomic E-state index is 0.133. The van der Waals surface area contributed by atoms with E-state index in [9.17, 15) is 4.79 Å². The van der Waals surface area contributed by atoms with E-state index in [1.807, 2.05) is 11.0 Å². The number of rotatable bonds is 5. The maximum atomic E-state index is 12.7. The average Bonchev–Trinajstić information content (AvgIpc) is 2.79. The number of aryl methyl sites for hydroxylation is 1. The summed E-state index contributed by atoms with van der Waals surface area (Å²) in [6, 6.07) is 12.4. The van der Waals surface area contributed by atoms with Gasteiger partial charge in [-0.05, 0) is 62.9 Å². The van der Waals surface area contributed by atoms with Gasteiger partial charge in [-0.15, -0.1) is 0 Å². The highest BCUT2D eigenvalue weighted by Crippen LogP contribution is 2.26. The van der Waals surface area contributed by atoms with E-state index in [4.69, 9.17) is 4.74 Å². The average molecular weight is 394 g/mol. The van der Waals surface area contributed by atoms with Crippen molar-refractivity contribution >= 4 is 5.91 Å². The lowest BCUT2D eigenvalue weighted by Gasteiger charge is -2.42. The number of nitrogens with zero attached hydrogens (tertiary/aromatic N) is 3. The number of carbonyl (C=O) groups excluding carboxylic acids is 1. The predicted molar refractivity (Wildman–Crippen MR) is 114 cm³/mol. The molecular formula is C24H31N3O2. The Morgan fingerprint density at radius 1 is 1.07 bits per heavy atom. The second-order valence-electron chi connectivity index (χ2n) is 8.34. The van der Waals surface area contributed by atoms with E-state index < -0.39 is 0 Å². The Bertz CT molecular complexity index is 803. The number of para-hydroxylation sites is 1. The molecule has 29 heavy (non-hydrogen) atoms. The van der Waals surface area contributed by atoms with Crippen molar-refractivity contribution < 1.29 is 9.53 Å². The molecule has 3 heterocycles. The number of piperidine rings is 2. The Hall–Kier alpha value is -2.40. The lowest BCUT2D eigenvalue weighted by molar-refractivity contribution is 0.0473. The van der Waals surface area contributed by atoms with Crippen LogP contribution in [0.25, 0.3) is 0 Å². The molecule has 1 atom stereocenters. The van der Waals surface area contributed by atoms with Crippen molar-refractivity contribution in [3.8, 4) is 5.75 Å². The molecule has 0 saturated carbocycles. The lowest BCUT2D eigenvalue weighted by Crippen LogP contribution is -2.50. The van der Waals surface area contributed by atoms with Gasteiger partial charge in [0.1, 0.15) is 5.75 Å². The number of pyridine rings is 1. The van der Waals surface area contributed by atoms with E-state index in [-0.39, 0.29) is 5.91 Å². The summed E-state index contributed by atoms with van der Waals surface area (Å²) >= 11 is 0. The molecule has 1 aromatic heterocycles. The van der Waals surface area contributed by atoms with Gasteiger partial charge in [0.05, 0.1) is 6.61 Å². The summed E-state index contributed by atoms with van der Waals surface area (Å²) in [4.78, 5) is 21.3. The first-order valence-electron chi connectivity index (χ1n) is 10.8. The smallest absolute Gasteiger partial charge is 0.253 e. The molecule has 1 amide bonds. The summed E-state index contributed by atoms with van der Waals surface area (Å²) in [5.41, 5.74) is 1.94. The highest BCUT2D eigenvalue weighted by Gasteiger charge is 2.30. The molecule has 0 bridgehead atoms. The van der Waals surface area contributed by atoms with E-state index in [2.05, 4.69) is 35.0 Å². The number of amides is 1. The molecule has 1 unspecified atom stereocenters. The second-order valence-corrected chi connectivity index (χ2v) is 8.34. The molecule has 2 aromatic rings. The molecule has 2 saturated heterocycles. The van der Waals surface area contributed by atoms with Crippen molar-refractivity contribution in [1.82, 2.24) is 14.8 Å². The predicted octanol–water partition coefficient (Wildman–Crippen LogP) is 3.79. The molecule has 1 aromatic carbocycles. The van der Waals surface area contributed by atoms with Gasteiger partial charge < -0.3 is 9.64 Å². The zero-order valence-electron chi connectivity index (χ0n) is 17.3. The van der Waals surface area contributed by atoms with Gasteiger partial charge in [-0.2, -0.15) is 0 Å². The summed E-state index contributed by atoms with van der Waals surface area (Å²) < 4.78 is 6.12. The summed E-state index contributed by atoms with van der Waals surface area (Å²) in [6.07, 6.45) is 7.96. The van der Waals surface area contributed by atoms with E-state index in [1.54, 1.807) is 24.5 Å². The maximum absolute atomic E-state index is 12.7. The van der Waals surface area contributed by atoms with Gasteiger partial charge in [0.25, 0.3) is 5.91 Å². The fourth-order valence-electron chi connectivity index (χ4n) is 4.60. The number of carbonyl (C=O) groups is 1. The van der Waals surface area contributed by atoms with Crippen LogP contribution in [0.3, 0.4) is 0 Å². The SMILES string of the molecule is Cc1ccccc1OCC1CCCN(C2CCN(C(=O)c3ccncc3)CC2)C1. The molecule has 0 spiro atoms. The molecule has 2 aliphatic heterocycles. The van der Waals surface area contributed by atoms with Crippen LogP contribution in [-0.2, 0) is 0 Å². The van der Waals surface area contributed by atoms with Crippen LogP contribution < -0.4 is 4.74 Å². The van der Waals surface area contributed by atoms with Crippen LogP contribution in [0.1, 0.15) is 41.6 Å². The maximum Gasteiger partial charge on any atom is 0.253 e. The molecule has 154 valence electrons. The van der Waals surface area contributed by atoms with Crippen LogP contribution in [0, 0.1) is 12.8 Å². The summed E-state index contributed by atoms with van der Waals surface area (Å²) in [7, 11) is 0. The largest absolute Gasteiger partial charge is 0.493 e. The first-order valence-corrected chi connectivity index (χ1v) is 10.8. The van der Waals surface area contributed by atoms with Crippen molar-refractivity contribution in [3.05, 3.63) is 59.9 Å². The quantitative estimate of drug-likeness (QED) is 0.775. The third-order valence-corrected chi connectivity index (χ3v) is 6.31. The third-order valence-electron chi connectivity index (χ3n) is 6.31. The summed E-state index contributed by atoms with van der Waals surface area (Å²) in [5, 5.41) is 0. The van der Waals surface area contributed by atoms with E-state index >= 15 is 0 Å². The van der Waals surface area contributed by atoms with Gasteiger partial charge in [0, 0.05) is 49.6 Å². The molecule has 0 N–H and O–H groups in total. The molecule has 5 nitrogen and oxygen atoms in total. The Kier molecular flexibility index (Phi) is 6.45. The molecule has 2 fully saturated rings.